The molecule has 0 bridgehead atoms. The quantitative estimate of drug-likeness (QED) is 0.0268. The summed E-state index contributed by atoms with van der Waals surface area (Å²) in [5, 5.41) is 40.2. The van der Waals surface area contributed by atoms with Crippen molar-refractivity contribution < 1.29 is 44.2 Å². The van der Waals surface area contributed by atoms with Crippen molar-refractivity contribution in [1.29, 1.82) is 0 Å². The Morgan fingerprint density at radius 3 is 1.43 bits per heavy atom. The van der Waals surface area contributed by atoms with Gasteiger partial charge in [-0.05, 0) is 44.9 Å². The minimum atomic E-state index is -1.54. The van der Waals surface area contributed by atoms with Crippen LogP contribution in [0.1, 0.15) is 239 Å². The van der Waals surface area contributed by atoms with Crippen LogP contribution in [0.25, 0.3) is 0 Å². The number of rotatable bonds is 45. The van der Waals surface area contributed by atoms with E-state index in [0.717, 1.165) is 38.5 Å². The zero-order chi connectivity index (χ0) is 44.3. The molecule has 1 aliphatic heterocycles. The van der Waals surface area contributed by atoms with Crippen molar-refractivity contribution in [2.24, 2.45) is 0 Å². The lowest BCUT2D eigenvalue weighted by atomic mass is 9.99. The minimum Gasteiger partial charge on any atom is -0.457 e. The normalized spacial score (nSPS) is 20.0. The van der Waals surface area contributed by atoms with E-state index in [-0.39, 0.29) is 19.2 Å². The summed E-state index contributed by atoms with van der Waals surface area (Å²) in [4.78, 5) is 12.8. The largest absolute Gasteiger partial charge is 0.457 e. The van der Waals surface area contributed by atoms with Gasteiger partial charge >= 0.3 is 5.97 Å². The third-order valence-electron chi connectivity index (χ3n) is 12.1. The minimum absolute atomic E-state index is 0.111. The Kier molecular flexibility index (Phi) is 41.5. The SMILES string of the molecule is CCCCCC/C=C\C/C=C\CCCCCCCCCCOCC(COC1OC(CO)C(O)C(O)C1O)OC(=O)CCCCCCCCCCCCCCCCCCCCC. The predicted octanol–water partition coefficient (Wildman–Crippen LogP) is 12.5. The van der Waals surface area contributed by atoms with Gasteiger partial charge in [0.1, 0.15) is 30.5 Å². The molecule has 9 nitrogen and oxygen atoms in total. The number of unbranched alkanes of at least 4 members (excludes halogenated alkanes) is 30. The lowest BCUT2D eigenvalue weighted by Gasteiger charge is -2.39. The summed E-state index contributed by atoms with van der Waals surface area (Å²) < 4.78 is 22.9. The van der Waals surface area contributed by atoms with Gasteiger partial charge < -0.3 is 39.4 Å². The zero-order valence-electron chi connectivity index (χ0n) is 39.7. The van der Waals surface area contributed by atoms with Gasteiger partial charge in [-0.2, -0.15) is 0 Å². The standard InChI is InChI=1S/C52H98O9/c1-3-5-7-9-11-13-15-17-19-21-23-25-27-29-31-33-35-37-39-41-48(54)60-46(45-59-52-51(57)50(56)49(55)47(43-53)61-52)44-58-42-40-38-36-34-32-30-28-26-24-22-20-18-16-14-12-10-8-6-4-2/h14,16,20,22,46-47,49-53,55-57H,3-13,15,17-19,21,23-45H2,1-2H3/b16-14-,22-20-. The van der Waals surface area contributed by atoms with Crippen LogP contribution in [0.2, 0.25) is 0 Å². The number of esters is 1. The van der Waals surface area contributed by atoms with Crippen LogP contribution in [0.3, 0.4) is 0 Å². The van der Waals surface area contributed by atoms with E-state index in [1.807, 2.05) is 0 Å². The van der Waals surface area contributed by atoms with E-state index >= 15 is 0 Å². The summed E-state index contributed by atoms with van der Waals surface area (Å²) in [6, 6.07) is 0. The third-order valence-corrected chi connectivity index (χ3v) is 12.1. The second-order valence-electron chi connectivity index (χ2n) is 18.0. The van der Waals surface area contributed by atoms with Crippen LogP contribution >= 0.6 is 0 Å². The van der Waals surface area contributed by atoms with Gasteiger partial charge in [-0.3, -0.25) is 4.79 Å². The molecule has 1 heterocycles. The Morgan fingerprint density at radius 1 is 0.525 bits per heavy atom. The Balaban J connectivity index is 2.20. The van der Waals surface area contributed by atoms with E-state index in [2.05, 4.69) is 38.2 Å². The molecule has 0 aliphatic carbocycles. The summed E-state index contributed by atoms with van der Waals surface area (Å²) in [7, 11) is 0. The van der Waals surface area contributed by atoms with Gasteiger partial charge in [-0.1, -0.05) is 212 Å². The average Bonchev–Trinajstić information content (AvgIpc) is 3.26. The van der Waals surface area contributed by atoms with Crippen molar-refractivity contribution in [3.63, 3.8) is 0 Å². The molecular formula is C52H98O9. The highest BCUT2D eigenvalue weighted by Gasteiger charge is 2.44. The van der Waals surface area contributed by atoms with Gasteiger partial charge in [0.15, 0.2) is 6.29 Å². The monoisotopic (exact) mass is 867 g/mol. The molecular weight excluding hydrogens is 769 g/mol. The maximum atomic E-state index is 12.8. The molecule has 6 atom stereocenters. The fraction of sp³-hybridized carbons (Fsp3) is 0.904. The lowest BCUT2D eigenvalue weighted by molar-refractivity contribution is -0.305. The van der Waals surface area contributed by atoms with Crippen LogP contribution in [-0.4, -0.2) is 89.6 Å². The first kappa shape index (κ1) is 57.7. The molecule has 4 N–H and O–H groups in total. The van der Waals surface area contributed by atoms with E-state index < -0.39 is 43.4 Å². The van der Waals surface area contributed by atoms with Crippen molar-refractivity contribution >= 4 is 5.97 Å². The molecule has 0 aromatic rings. The van der Waals surface area contributed by atoms with Crippen molar-refractivity contribution in [2.75, 3.05) is 26.4 Å². The van der Waals surface area contributed by atoms with E-state index in [1.165, 1.54) is 180 Å². The van der Waals surface area contributed by atoms with Gasteiger partial charge in [-0.25, -0.2) is 0 Å². The van der Waals surface area contributed by atoms with E-state index in [1.54, 1.807) is 0 Å². The summed E-state index contributed by atoms with van der Waals surface area (Å²) in [6.07, 6.45) is 44.9. The topological polar surface area (TPSA) is 135 Å². The molecule has 0 aromatic heterocycles. The second-order valence-corrected chi connectivity index (χ2v) is 18.0. The fourth-order valence-electron chi connectivity index (χ4n) is 8.05. The Hall–Kier alpha value is -1.33. The van der Waals surface area contributed by atoms with E-state index in [4.69, 9.17) is 18.9 Å². The van der Waals surface area contributed by atoms with Gasteiger partial charge in [0, 0.05) is 13.0 Å². The average molecular weight is 867 g/mol. The van der Waals surface area contributed by atoms with Crippen LogP contribution in [0.4, 0.5) is 0 Å². The highest BCUT2D eigenvalue weighted by molar-refractivity contribution is 5.69. The maximum Gasteiger partial charge on any atom is 0.306 e. The van der Waals surface area contributed by atoms with Crippen LogP contribution in [0.15, 0.2) is 24.3 Å². The van der Waals surface area contributed by atoms with Crippen molar-refractivity contribution in [1.82, 2.24) is 0 Å². The van der Waals surface area contributed by atoms with Gasteiger partial charge in [0.05, 0.1) is 19.8 Å². The number of carbonyl (C=O) groups is 1. The molecule has 1 rings (SSSR count). The summed E-state index contributed by atoms with van der Waals surface area (Å²) in [6.45, 7) is 4.57. The fourth-order valence-corrected chi connectivity index (χ4v) is 8.05. The Morgan fingerprint density at radius 2 is 0.951 bits per heavy atom. The van der Waals surface area contributed by atoms with Gasteiger partial charge in [0.25, 0.3) is 0 Å². The molecule has 360 valence electrons. The predicted molar refractivity (Wildman–Crippen MR) is 252 cm³/mol. The molecule has 0 spiro atoms. The number of hydrogen-bond donors (Lipinski definition) is 4. The van der Waals surface area contributed by atoms with Gasteiger partial charge in [0.2, 0.25) is 0 Å². The molecule has 1 aliphatic rings. The number of allylic oxidation sites excluding steroid dienone is 4. The zero-order valence-corrected chi connectivity index (χ0v) is 39.7. The highest BCUT2D eigenvalue weighted by Crippen LogP contribution is 2.23. The second kappa shape index (κ2) is 43.9. The molecule has 6 unspecified atom stereocenters. The summed E-state index contributed by atoms with van der Waals surface area (Å²) in [5.41, 5.74) is 0. The lowest BCUT2D eigenvalue weighted by Crippen LogP contribution is -2.59. The Bertz CT molecular complexity index is 988. The van der Waals surface area contributed by atoms with Crippen molar-refractivity contribution in [2.45, 2.75) is 275 Å². The molecule has 0 radical (unpaired) electrons. The number of carbonyl (C=O) groups excluding carboxylic acids is 1. The van der Waals surface area contributed by atoms with Crippen molar-refractivity contribution in [3.05, 3.63) is 24.3 Å². The first-order valence-electron chi connectivity index (χ1n) is 25.9. The van der Waals surface area contributed by atoms with E-state index in [0.29, 0.717) is 13.0 Å². The number of ether oxygens (including phenoxy) is 4. The molecule has 0 amide bonds. The smallest absolute Gasteiger partial charge is 0.306 e. The van der Waals surface area contributed by atoms with Crippen LogP contribution in [0.5, 0.6) is 0 Å². The number of hydrogen-bond acceptors (Lipinski definition) is 9. The molecule has 0 aromatic carbocycles. The first-order valence-corrected chi connectivity index (χ1v) is 25.9. The van der Waals surface area contributed by atoms with Crippen LogP contribution in [0, 0.1) is 0 Å². The van der Waals surface area contributed by atoms with E-state index in [9.17, 15) is 25.2 Å². The molecule has 0 saturated carbocycles. The third kappa shape index (κ3) is 34.7. The van der Waals surface area contributed by atoms with Crippen LogP contribution in [-0.2, 0) is 23.7 Å². The number of aliphatic hydroxyl groups is 4. The Labute approximate surface area is 375 Å². The first-order chi connectivity index (χ1) is 29.9. The molecule has 1 fully saturated rings. The molecule has 9 heteroatoms. The summed E-state index contributed by atoms with van der Waals surface area (Å²) in [5.74, 6) is -0.311. The van der Waals surface area contributed by atoms with Gasteiger partial charge in [-0.15, -0.1) is 0 Å². The van der Waals surface area contributed by atoms with Crippen LogP contribution < -0.4 is 0 Å². The molecule has 1 saturated heterocycles. The highest BCUT2D eigenvalue weighted by atomic mass is 16.7. The van der Waals surface area contributed by atoms with Crippen molar-refractivity contribution in [3.8, 4) is 0 Å². The summed E-state index contributed by atoms with van der Waals surface area (Å²) >= 11 is 0. The number of aliphatic hydroxyl groups excluding tert-OH is 4. The molecule has 61 heavy (non-hydrogen) atoms. The maximum absolute atomic E-state index is 12.8.